The Morgan fingerprint density at radius 3 is 1.81 bits per heavy atom. The molecule has 0 atom stereocenters. The lowest BCUT2D eigenvalue weighted by Crippen LogP contribution is -2.09. The van der Waals surface area contributed by atoms with Crippen LogP contribution in [-0.4, -0.2) is 4.98 Å². The first-order valence-electron chi connectivity index (χ1n) is 6.00. The SMILES string of the molecule is Cc1cc(CNc2c(F)c(F)nc(F)c2F)cc(C)c1F. The number of nitrogens with one attached hydrogen (secondary N) is 1. The predicted molar refractivity (Wildman–Crippen MR) is 67.3 cm³/mol. The number of nitrogens with zero attached hydrogens (tertiary/aromatic N) is 1. The van der Waals surface area contributed by atoms with Crippen LogP contribution in [0.1, 0.15) is 16.7 Å². The van der Waals surface area contributed by atoms with Crippen molar-refractivity contribution in [1.82, 2.24) is 4.98 Å². The van der Waals surface area contributed by atoms with Gasteiger partial charge < -0.3 is 5.32 Å². The highest BCUT2D eigenvalue weighted by Crippen LogP contribution is 2.23. The Morgan fingerprint density at radius 1 is 0.857 bits per heavy atom. The normalized spacial score (nSPS) is 10.8. The molecule has 0 aliphatic carbocycles. The van der Waals surface area contributed by atoms with Crippen molar-refractivity contribution >= 4 is 5.69 Å². The Balaban J connectivity index is 2.29. The van der Waals surface area contributed by atoms with Gasteiger partial charge in [-0.1, -0.05) is 12.1 Å². The highest BCUT2D eigenvalue weighted by molar-refractivity contribution is 5.46. The number of aryl methyl sites for hydroxylation is 2. The van der Waals surface area contributed by atoms with Crippen LogP contribution >= 0.6 is 0 Å². The van der Waals surface area contributed by atoms with Gasteiger partial charge in [-0.2, -0.15) is 22.5 Å². The van der Waals surface area contributed by atoms with E-state index in [-0.39, 0.29) is 12.4 Å². The standard InChI is InChI=1S/C14H11F5N2/c1-6-3-8(4-7(2)9(6)15)5-20-12-10(16)13(18)21-14(19)11(12)17/h3-4H,5H2,1-2H3,(H,20,21). The van der Waals surface area contributed by atoms with Gasteiger partial charge in [0.15, 0.2) is 0 Å². The molecule has 0 saturated carbocycles. The maximum absolute atomic E-state index is 13.5. The van der Waals surface area contributed by atoms with Crippen molar-refractivity contribution in [3.05, 3.63) is 58.2 Å². The number of halogens is 5. The molecule has 2 aromatic rings. The van der Waals surface area contributed by atoms with Crippen LogP contribution < -0.4 is 5.32 Å². The fourth-order valence-corrected chi connectivity index (χ4v) is 1.97. The topological polar surface area (TPSA) is 24.9 Å². The van der Waals surface area contributed by atoms with Crippen LogP contribution in [0.2, 0.25) is 0 Å². The van der Waals surface area contributed by atoms with E-state index in [4.69, 9.17) is 0 Å². The smallest absolute Gasteiger partial charge is 0.253 e. The minimum Gasteiger partial charge on any atom is -0.376 e. The summed E-state index contributed by atoms with van der Waals surface area (Å²) in [5, 5.41) is 2.26. The molecule has 0 aliphatic rings. The van der Waals surface area contributed by atoms with Gasteiger partial charge >= 0.3 is 0 Å². The molecule has 2 rings (SSSR count). The number of pyridine rings is 1. The van der Waals surface area contributed by atoms with Gasteiger partial charge in [0.1, 0.15) is 11.5 Å². The average molecular weight is 302 g/mol. The van der Waals surface area contributed by atoms with Crippen LogP contribution in [0, 0.1) is 43.2 Å². The molecule has 0 unspecified atom stereocenters. The molecular weight excluding hydrogens is 291 g/mol. The van der Waals surface area contributed by atoms with Gasteiger partial charge in [0, 0.05) is 6.54 Å². The van der Waals surface area contributed by atoms with Crippen molar-refractivity contribution in [3.8, 4) is 0 Å². The molecule has 1 heterocycles. The van der Waals surface area contributed by atoms with Crippen molar-refractivity contribution in [2.24, 2.45) is 0 Å². The monoisotopic (exact) mass is 302 g/mol. The lowest BCUT2D eigenvalue weighted by Gasteiger charge is -2.11. The minimum absolute atomic E-state index is 0.126. The summed E-state index contributed by atoms with van der Waals surface area (Å²) in [6, 6.07) is 2.94. The zero-order valence-electron chi connectivity index (χ0n) is 11.2. The summed E-state index contributed by atoms with van der Waals surface area (Å²) in [7, 11) is 0. The van der Waals surface area contributed by atoms with Crippen LogP contribution in [-0.2, 0) is 6.54 Å². The van der Waals surface area contributed by atoms with Crippen LogP contribution in [0.3, 0.4) is 0 Å². The van der Waals surface area contributed by atoms with Gasteiger partial charge in [-0.15, -0.1) is 0 Å². The second-order valence-electron chi connectivity index (χ2n) is 4.59. The molecule has 112 valence electrons. The second-order valence-corrected chi connectivity index (χ2v) is 4.59. The summed E-state index contributed by atoms with van der Waals surface area (Å²) in [5.41, 5.74) is 0.294. The molecule has 21 heavy (non-hydrogen) atoms. The van der Waals surface area contributed by atoms with Crippen molar-refractivity contribution in [1.29, 1.82) is 0 Å². The van der Waals surface area contributed by atoms with E-state index in [1.165, 1.54) is 12.1 Å². The van der Waals surface area contributed by atoms with Crippen molar-refractivity contribution < 1.29 is 22.0 Å². The highest BCUT2D eigenvalue weighted by atomic mass is 19.2. The fraction of sp³-hybridized carbons (Fsp3) is 0.214. The number of anilines is 1. The molecular formula is C14H11F5N2. The predicted octanol–water partition coefficient (Wildman–Crippen LogP) is 4.01. The highest BCUT2D eigenvalue weighted by Gasteiger charge is 2.20. The number of benzene rings is 1. The largest absolute Gasteiger partial charge is 0.376 e. The number of hydrogen-bond donors (Lipinski definition) is 1. The van der Waals surface area contributed by atoms with E-state index in [1.807, 2.05) is 0 Å². The lowest BCUT2D eigenvalue weighted by atomic mass is 10.1. The first-order valence-corrected chi connectivity index (χ1v) is 6.00. The Kier molecular flexibility index (Phi) is 4.11. The van der Waals surface area contributed by atoms with Crippen LogP contribution in [0.15, 0.2) is 12.1 Å². The van der Waals surface area contributed by atoms with Crippen molar-refractivity contribution in [2.75, 3.05) is 5.32 Å². The van der Waals surface area contributed by atoms with E-state index in [0.717, 1.165) is 0 Å². The molecule has 7 heteroatoms. The number of hydrogen-bond acceptors (Lipinski definition) is 2. The molecule has 0 spiro atoms. The van der Waals surface area contributed by atoms with Gasteiger partial charge in [-0.3, -0.25) is 0 Å². The maximum Gasteiger partial charge on any atom is 0.253 e. The summed E-state index contributed by atoms with van der Waals surface area (Å²) >= 11 is 0. The summed E-state index contributed by atoms with van der Waals surface area (Å²) in [6.07, 6.45) is 0. The van der Waals surface area contributed by atoms with Crippen molar-refractivity contribution in [2.45, 2.75) is 20.4 Å². The van der Waals surface area contributed by atoms with Gasteiger partial charge in [0.25, 0.3) is 11.9 Å². The van der Waals surface area contributed by atoms with E-state index in [1.54, 1.807) is 13.8 Å². The quantitative estimate of drug-likeness (QED) is 0.684. The number of aromatic nitrogens is 1. The molecule has 1 N–H and O–H groups in total. The number of rotatable bonds is 3. The van der Waals surface area contributed by atoms with Crippen LogP contribution in [0.4, 0.5) is 27.6 Å². The summed E-state index contributed by atoms with van der Waals surface area (Å²) in [4.78, 5) is 2.46. The molecule has 0 bridgehead atoms. The Morgan fingerprint density at radius 2 is 1.33 bits per heavy atom. The molecule has 0 amide bonds. The third kappa shape index (κ3) is 2.96. The molecule has 0 saturated heterocycles. The van der Waals surface area contributed by atoms with E-state index < -0.39 is 29.2 Å². The van der Waals surface area contributed by atoms with Gasteiger partial charge in [0.2, 0.25) is 11.6 Å². The molecule has 2 nitrogen and oxygen atoms in total. The maximum atomic E-state index is 13.5. The first kappa shape index (κ1) is 15.2. The third-order valence-electron chi connectivity index (χ3n) is 2.96. The van der Waals surface area contributed by atoms with E-state index in [9.17, 15) is 22.0 Å². The summed E-state index contributed by atoms with van der Waals surface area (Å²) in [5.74, 6) is -7.06. The molecule has 0 aliphatic heterocycles. The fourth-order valence-electron chi connectivity index (χ4n) is 1.97. The lowest BCUT2D eigenvalue weighted by molar-refractivity contribution is 0.410. The summed E-state index contributed by atoms with van der Waals surface area (Å²) < 4.78 is 66.2. The molecule has 1 aromatic carbocycles. The average Bonchev–Trinajstić information content (AvgIpc) is 2.42. The zero-order chi connectivity index (χ0) is 15.7. The Bertz CT molecular complexity index is 651. The molecule has 1 aromatic heterocycles. The van der Waals surface area contributed by atoms with Crippen LogP contribution in [0.25, 0.3) is 0 Å². The Labute approximate surface area is 117 Å². The van der Waals surface area contributed by atoms with Gasteiger partial charge in [0.05, 0.1) is 0 Å². The first-order chi connectivity index (χ1) is 9.81. The molecule has 0 fully saturated rings. The second kappa shape index (κ2) is 5.67. The minimum atomic E-state index is -1.73. The van der Waals surface area contributed by atoms with E-state index in [2.05, 4.69) is 10.3 Å². The van der Waals surface area contributed by atoms with Crippen molar-refractivity contribution in [3.63, 3.8) is 0 Å². The van der Waals surface area contributed by atoms with Gasteiger partial charge in [-0.25, -0.2) is 4.39 Å². The summed E-state index contributed by atoms with van der Waals surface area (Å²) in [6.45, 7) is 2.95. The van der Waals surface area contributed by atoms with E-state index >= 15 is 0 Å². The zero-order valence-corrected chi connectivity index (χ0v) is 11.2. The molecule has 0 radical (unpaired) electrons. The van der Waals surface area contributed by atoms with E-state index in [0.29, 0.717) is 16.7 Å². The third-order valence-corrected chi connectivity index (χ3v) is 2.96. The Hall–Kier alpha value is -2.18. The van der Waals surface area contributed by atoms with Crippen LogP contribution in [0.5, 0.6) is 0 Å². The van der Waals surface area contributed by atoms with Gasteiger partial charge in [-0.05, 0) is 30.5 Å².